The van der Waals surface area contributed by atoms with Crippen molar-refractivity contribution < 1.29 is 14.1 Å². The minimum atomic E-state index is -0.0685. The number of aryl methyl sites for hydroxylation is 1. The Morgan fingerprint density at radius 1 is 1.00 bits per heavy atom. The van der Waals surface area contributed by atoms with Crippen molar-refractivity contribution in [3.05, 3.63) is 77.4 Å². The van der Waals surface area contributed by atoms with Gasteiger partial charge >= 0.3 is 0 Å². The molecule has 0 bridgehead atoms. The average molecular weight is 431 g/mol. The number of aromatic nitrogens is 2. The first-order valence-electron chi connectivity index (χ1n) is 11.1. The van der Waals surface area contributed by atoms with E-state index in [0.29, 0.717) is 37.8 Å². The number of rotatable bonds is 4. The van der Waals surface area contributed by atoms with E-state index in [2.05, 4.69) is 10.1 Å². The van der Waals surface area contributed by atoms with Gasteiger partial charge in [-0.05, 0) is 44.0 Å². The first-order valence-corrected chi connectivity index (χ1v) is 11.1. The van der Waals surface area contributed by atoms with Crippen LogP contribution in [0.4, 0.5) is 5.69 Å². The fourth-order valence-electron chi connectivity index (χ4n) is 4.53. The number of carbonyl (C=O) groups is 2. The number of nitrogens with zero attached hydrogens (tertiary/aromatic N) is 4. The summed E-state index contributed by atoms with van der Waals surface area (Å²) in [5.74, 6) is 1.44. The molecule has 0 N–H and O–H groups in total. The Balaban J connectivity index is 1.21. The topological polar surface area (TPSA) is 79.5 Å². The number of hydrogen-bond donors (Lipinski definition) is 0. The molecule has 0 saturated carbocycles. The fraction of sp³-hybridized carbons (Fsp3) is 0.360. The van der Waals surface area contributed by atoms with Crippen molar-refractivity contribution >= 4 is 17.5 Å². The van der Waals surface area contributed by atoms with Gasteiger partial charge in [-0.3, -0.25) is 9.59 Å². The van der Waals surface area contributed by atoms with E-state index < -0.39 is 0 Å². The number of piperidine rings is 1. The Morgan fingerprint density at radius 3 is 2.44 bits per heavy atom. The quantitative estimate of drug-likeness (QED) is 0.627. The molecular weight excluding hydrogens is 404 g/mol. The Labute approximate surface area is 187 Å². The van der Waals surface area contributed by atoms with Gasteiger partial charge in [0.25, 0.3) is 5.91 Å². The highest BCUT2D eigenvalue weighted by Crippen LogP contribution is 2.33. The van der Waals surface area contributed by atoms with Crippen LogP contribution in [0.1, 0.15) is 58.7 Å². The molecule has 2 saturated heterocycles. The van der Waals surface area contributed by atoms with E-state index in [1.165, 1.54) is 0 Å². The zero-order chi connectivity index (χ0) is 22.1. The molecule has 2 aliphatic rings. The zero-order valence-corrected chi connectivity index (χ0v) is 18.1. The molecule has 3 aromatic rings. The van der Waals surface area contributed by atoms with Crippen LogP contribution in [0, 0.1) is 6.92 Å². The second-order valence-electron chi connectivity index (χ2n) is 8.66. The lowest BCUT2D eigenvalue weighted by molar-refractivity contribution is -0.117. The van der Waals surface area contributed by atoms with Crippen molar-refractivity contribution in [2.75, 3.05) is 24.5 Å². The van der Waals surface area contributed by atoms with Crippen molar-refractivity contribution in [3.63, 3.8) is 0 Å². The van der Waals surface area contributed by atoms with E-state index >= 15 is 0 Å². The highest BCUT2D eigenvalue weighted by molar-refractivity contribution is 5.96. The first kappa shape index (κ1) is 20.4. The maximum absolute atomic E-state index is 12.7. The molecule has 2 amide bonds. The number of anilines is 1. The van der Waals surface area contributed by atoms with E-state index in [1.54, 1.807) is 4.90 Å². The Bertz CT molecular complexity index is 1100. The molecule has 3 heterocycles. The molecule has 164 valence electrons. The number of carbonyl (C=O) groups excluding carboxylic acids is 2. The lowest BCUT2D eigenvalue weighted by Gasteiger charge is -2.30. The third kappa shape index (κ3) is 4.02. The van der Waals surface area contributed by atoms with Crippen LogP contribution in [0.2, 0.25) is 0 Å². The van der Waals surface area contributed by atoms with E-state index in [1.807, 2.05) is 66.4 Å². The van der Waals surface area contributed by atoms with Crippen LogP contribution in [0.15, 0.2) is 59.1 Å². The number of likely N-dealkylation sites (tertiary alicyclic amines) is 1. The number of benzene rings is 2. The van der Waals surface area contributed by atoms with Crippen LogP contribution in [0.25, 0.3) is 0 Å². The van der Waals surface area contributed by atoms with Gasteiger partial charge in [-0.25, -0.2) is 0 Å². The van der Waals surface area contributed by atoms with Crippen LogP contribution in [-0.4, -0.2) is 46.5 Å². The van der Waals surface area contributed by atoms with Crippen molar-refractivity contribution in [1.29, 1.82) is 0 Å². The van der Waals surface area contributed by atoms with Crippen LogP contribution in [-0.2, 0) is 4.79 Å². The maximum Gasteiger partial charge on any atom is 0.253 e. The van der Waals surface area contributed by atoms with Crippen molar-refractivity contribution in [1.82, 2.24) is 15.0 Å². The lowest BCUT2D eigenvalue weighted by Crippen LogP contribution is -2.38. The predicted octanol–water partition coefficient (Wildman–Crippen LogP) is 3.92. The van der Waals surface area contributed by atoms with E-state index in [9.17, 15) is 9.59 Å². The van der Waals surface area contributed by atoms with Crippen LogP contribution in [0.3, 0.4) is 0 Å². The summed E-state index contributed by atoms with van der Waals surface area (Å²) in [4.78, 5) is 33.6. The lowest BCUT2D eigenvalue weighted by atomic mass is 9.96. The molecule has 32 heavy (non-hydrogen) atoms. The van der Waals surface area contributed by atoms with E-state index in [0.717, 1.165) is 29.7 Å². The zero-order valence-electron chi connectivity index (χ0n) is 18.1. The summed E-state index contributed by atoms with van der Waals surface area (Å²) in [5.41, 5.74) is 2.79. The molecule has 0 aliphatic carbocycles. The van der Waals surface area contributed by atoms with E-state index in [-0.39, 0.29) is 23.7 Å². The largest absolute Gasteiger partial charge is 0.339 e. The smallest absolute Gasteiger partial charge is 0.253 e. The molecule has 2 fully saturated rings. The third-order valence-electron chi connectivity index (χ3n) is 6.45. The Morgan fingerprint density at radius 2 is 1.72 bits per heavy atom. The molecule has 7 nitrogen and oxygen atoms in total. The predicted molar refractivity (Wildman–Crippen MR) is 120 cm³/mol. The van der Waals surface area contributed by atoms with Gasteiger partial charge in [-0.2, -0.15) is 4.98 Å². The van der Waals surface area contributed by atoms with Crippen molar-refractivity contribution in [2.24, 2.45) is 0 Å². The summed E-state index contributed by atoms with van der Waals surface area (Å²) >= 11 is 0. The summed E-state index contributed by atoms with van der Waals surface area (Å²) in [6.45, 7) is 3.92. The van der Waals surface area contributed by atoms with Crippen molar-refractivity contribution in [3.8, 4) is 0 Å². The van der Waals surface area contributed by atoms with Gasteiger partial charge in [-0.1, -0.05) is 41.1 Å². The van der Waals surface area contributed by atoms with Crippen LogP contribution >= 0.6 is 0 Å². The minimum absolute atomic E-state index is 0.0657. The van der Waals surface area contributed by atoms with Crippen molar-refractivity contribution in [2.45, 2.75) is 38.0 Å². The van der Waals surface area contributed by atoms with Gasteiger partial charge < -0.3 is 14.3 Å². The normalized spacial score (nSPS) is 19.5. The minimum Gasteiger partial charge on any atom is -0.339 e. The number of hydrogen-bond acceptors (Lipinski definition) is 5. The second kappa shape index (κ2) is 8.57. The monoisotopic (exact) mass is 430 g/mol. The Hall–Kier alpha value is -3.48. The molecule has 2 aromatic carbocycles. The highest BCUT2D eigenvalue weighted by Gasteiger charge is 2.35. The van der Waals surface area contributed by atoms with Gasteiger partial charge in [0.2, 0.25) is 11.8 Å². The molecule has 0 spiro atoms. The summed E-state index contributed by atoms with van der Waals surface area (Å²) in [6.07, 6.45) is 1.97. The van der Waals surface area contributed by atoms with Crippen LogP contribution in [0.5, 0.6) is 0 Å². The van der Waals surface area contributed by atoms with Gasteiger partial charge in [-0.15, -0.1) is 0 Å². The van der Waals surface area contributed by atoms with Gasteiger partial charge in [0.15, 0.2) is 5.82 Å². The number of amides is 2. The SMILES string of the molecule is Cc1ccc(N2CC(c3noc(C4CCN(C(=O)c5ccccc5)CC4)n3)CC2=O)cc1. The first-order chi connectivity index (χ1) is 15.6. The molecule has 1 unspecified atom stereocenters. The summed E-state index contributed by atoms with van der Waals surface area (Å²) < 4.78 is 5.59. The molecule has 1 aromatic heterocycles. The molecule has 1 atom stereocenters. The Kier molecular flexibility index (Phi) is 5.47. The highest BCUT2D eigenvalue weighted by atomic mass is 16.5. The molecule has 0 radical (unpaired) electrons. The standard InChI is InChI=1S/C25H26N4O3/c1-17-7-9-21(10-8-17)29-16-20(15-22(29)30)23-26-24(32-27-23)18-11-13-28(14-12-18)25(31)19-5-3-2-4-6-19/h2-10,18,20H,11-16H2,1H3. The maximum atomic E-state index is 12.7. The van der Waals surface area contributed by atoms with Gasteiger partial charge in [0, 0.05) is 49.1 Å². The summed E-state index contributed by atoms with van der Waals surface area (Å²) in [7, 11) is 0. The molecule has 5 rings (SSSR count). The molecule has 2 aliphatic heterocycles. The fourth-order valence-corrected chi connectivity index (χ4v) is 4.53. The van der Waals surface area contributed by atoms with E-state index in [4.69, 9.17) is 4.52 Å². The molecule has 7 heteroatoms. The van der Waals surface area contributed by atoms with Crippen LogP contribution < -0.4 is 4.90 Å². The average Bonchev–Trinajstić information content (AvgIpc) is 3.47. The van der Waals surface area contributed by atoms with Gasteiger partial charge in [0.1, 0.15) is 0 Å². The summed E-state index contributed by atoms with van der Waals surface area (Å²) in [5, 5.41) is 4.21. The third-order valence-corrected chi connectivity index (χ3v) is 6.45. The second-order valence-corrected chi connectivity index (χ2v) is 8.66. The summed E-state index contributed by atoms with van der Waals surface area (Å²) in [6, 6.07) is 17.3. The van der Waals surface area contributed by atoms with Gasteiger partial charge in [0.05, 0.1) is 0 Å². The molecular formula is C25H26N4O3.